The Morgan fingerprint density at radius 2 is 2.05 bits per heavy atom. The first-order chi connectivity index (χ1) is 10.0. The van der Waals surface area contributed by atoms with E-state index in [0.29, 0.717) is 29.3 Å². The smallest absolute Gasteiger partial charge is 0.341 e. The second-order valence-electron chi connectivity index (χ2n) is 6.00. The molecule has 0 radical (unpaired) electrons. The molecule has 2 heterocycles. The zero-order valence-electron chi connectivity index (χ0n) is 13.0. The maximum atomic E-state index is 12.3. The number of nitrogens with zero attached hydrogens (tertiary/aromatic N) is 3. The number of carbonyl (C=O) groups is 1. The van der Waals surface area contributed by atoms with Gasteiger partial charge >= 0.3 is 5.69 Å². The summed E-state index contributed by atoms with van der Waals surface area (Å²) in [5, 5.41) is 7.06. The lowest BCUT2D eigenvalue weighted by Crippen LogP contribution is -2.43. The molecule has 1 amide bonds. The molecule has 6 nitrogen and oxygen atoms in total. The van der Waals surface area contributed by atoms with Crippen LogP contribution in [0, 0.1) is 11.8 Å². The van der Waals surface area contributed by atoms with Crippen LogP contribution in [0.2, 0.25) is 0 Å². The summed E-state index contributed by atoms with van der Waals surface area (Å²) in [7, 11) is 0. The van der Waals surface area contributed by atoms with E-state index in [2.05, 4.69) is 24.0 Å². The molecule has 0 aliphatic carbocycles. The lowest BCUT2D eigenvalue weighted by molar-refractivity contribution is -0.130. The van der Waals surface area contributed by atoms with Gasteiger partial charge in [-0.2, -0.15) is 0 Å². The second-order valence-corrected chi connectivity index (χ2v) is 6.94. The summed E-state index contributed by atoms with van der Waals surface area (Å²) in [6, 6.07) is 0. The summed E-state index contributed by atoms with van der Waals surface area (Å²) < 4.78 is 1.60. The van der Waals surface area contributed by atoms with Crippen molar-refractivity contribution in [3.05, 3.63) is 10.5 Å². The van der Waals surface area contributed by atoms with Crippen molar-refractivity contribution in [2.24, 2.45) is 11.8 Å². The van der Waals surface area contributed by atoms with Gasteiger partial charge in [0.1, 0.15) is 0 Å². The van der Waals surface area contributed by atoms with E-state index in [9.17, 15) is 9.59 Å². The first-order valence-corrected chi connectivity index (χ1v) is 8.55. The fourth-order valence-corrected chi connectivity index (χ4v) is 3.79. The molecule has 0 bridgehead atoms. The number of thioether (sulfide) groups is 1. The molecular formula is C14H24N4O2S. The van der Waals surface area contributed by atoms with Crippen molar-refractivity contribution in [3.63, 3.8) is 0 Å². The molecule has 118 valence electrons. The number of likely N-dealkylation sites (tertiary alicyclic amines) is 1. The van der Waals surface area contributed by atoms with Crippen molar-refractivity contribution >= 4 is 17.7 Å². The van der Waals surface area contributed by atoms with Crippen LogP contribution in [0.3, 0.4) is 0 Å². The highest BCUT2D eigenvalue weighted by atomic mass is 32.2. The van der Waals surface area contributed by atoms with Crippen molar-refractivity contribution in [3.8, 4) is 0 Å². The number of aromatic nitrogens is 3. The monoisotopic (exact) mass is 312 g/mol. The number of H-pyrrole nitrogens is 1. The van der Waals surface area contributed by atoms with E-state index in [0.717, 1.165) is 19.5 Å². The summed E-state index contributed by atoms with van der Waals surface area (Å²) in [5.41, 5.74) is -0.202. The van der Waals surface area contributed by atoms with Gasteiger partial charge in [-0.3, -0.25) is 9.36 Å². The van der Waals surface area contributed by atoms with Crippen LogP contribution in [-0.2, 0) is 11.3 Å². The summed E-state index contributed by atoms with van der Waals surface area (Å²) in [6.07, 6.45) is 2.05. The number of rotatable bonds is 5. The number of hydrogen-bond acceptors (Lipinski definition) is 4. The Labute approximate surface area is 129 Å². The van der Waals surface area contributed by atoms with E-state index in [1.165, 1.54) is 18.2 Å². The zero-order valence-corrected chi connectivity index (χ0v) is 13.8. The predicted octanol–water partition coefficient (Wildman–Crippen LogP) is 1.58. The molecule has 0 spiro atoms. The van der Waals surface area contributed by atoms with Crippen LogP contribution in [0.25, 0.3) is 0 Å². The molecule has 1 aliphatic heterocycles. The quantitative estimate of drug-likeness (QED) is 0.838. The Bertz CT molecular complexity index is 529. The third kappa shape index (κ3) is 4.12. The molecule has 1 N–H and O–H groups in total. The van der Waals surface area contributed by atoms with Crippen molar-refractivity contribution in [2.75, 3.05) is 18.8 Å². The summed E-state index contributed by atoms with van der Waals surface area (Å²) in [6.45, 7) is 8.70. The van der Waals surface area contributed by atoms with E-state index < -0.39 is 0 Å². The van der Waals surface area contributed by atoms with Gasteiger partial charge in [0.05, 0.1) is 5.75 Å². The van der Waals surface area contributed by atoms with Gasteiger partial charge < -0.3 is 4.90 Å². The van der Waals surface area contributed by atoms with Gasteiger partial charge in [0.2, 0.25) is 5.91 Å². The molecule has 2 rings (SSSR count). The highest BCUT2D eigenvalue weighted by molar-refractivity contribution is 7.99. The maximum Gasteiger partial charge on any atom is 0.343 e. The molecule has 1 fully saturated rings. The molecular weight excluding hydrogens is 288 g/mol. The normalized spacial score (nSPS) is 22.5. The van der Waals surface area contributed by atoms with Crippen LogP contribution in [-0.4, -0.2) is 44.4 Å². The first-order valence-electron chi connectivity index (χ1n) is 7.57. The number of carbonyl (C=O) groups excluding carboxylic acids is 1. The summed E-state index contributed by atoms with van der Waals surface area (Å²) in [4.78, 5) is 25.9. The van der Waals surface area contributed by atoms with Gasteiger partial charge in [-0.25, -0.2) is 9.89 Å². The lowest BCUT2D eigenvalue weighted by atomic mass is 9.92. The average Bonchev–Trinajstić information content (AvgIpc) is 2.77. The molecule has 21 heavy (non-hydrogen) atoms. The average molecular weight is 312 g/mol. The van der Waals surface area contributed by atoms with Crippen LogP contribution in [0.4, 0.5) is 0 Å². The summed E-state index contributed by atoms with van der Waals surface area (Å²) in [5.74, 6) is 1.60. The van der Waals surface area contributed by atoms with E-state index in [4.69, 9.17) is 0 Å². The minimum absolute atomic E-state index is 0.136. The SMILES string of the molecule is CCCn1c(SCC(=O)N2C[C@@H](C)C[C@H](C)C2)n[nH]c1=O. The van der Waals surface area contributed by atoms with Crippen LogP contribution >= 0.6 is 11.8 Å². The Balaban J connectivity index is 1.93. The minimum Gasteiger partial charge on any atom is -0.341 e. The zero-order chi connectivity index (χ0) is 15.4. The number of amides is 1. The molecule has 1 aliphatic rings. The third-order valence-corrected chi connectivity index (χ3v) is 4.68. The third-order valence-electron chi connectivity index (χ3n) is 3.72. The van der Waals surface area contributed by atoms with E-state index >= 15 is 0 Å². The van der Waals surface area contributed by atoms with Crippen molar-refractivity contribution < 1.29 is 4.79 Å². The number of piperidine rings is 1. The molecule has 1 aromatic rings. The first kappa shape index (κ1) is 16.1. The Morgan fingerprint density at radius 3 is 2.67 bits per heavy atom. The highest BCUT2D eigenvalue weighted by Crippen LogP contribution is 2.22. The molecule has 2 atom stereocenters. The van der Waals surface area contributed by atoms with Crippen molar-refractivity contribution in [1.82, 2.24) is 19.7 Å². The number of hydrogen-bond donors (Lipinski definition) is 1. The molecule has 1 aromatic heterocycles. The molecule has 7 heteroatoms. The van der Waals surface area contributed by atoms with Gasteiger partial charge in [0, 0.05) is 19.6 Å². The van der Waals surface area contributed by atoms with Gasteiger partial charge in [-0.1, -0.05) is 32.5 Å². The van der Waals surface area contributed by atoms with Crippen LogP contribution < -0.4 is 5.69 Å². The Hall–Kier alpha value is -1.24. The van der Waals surface area contributed by atoms with Crippen LogP contribution in [0.1, 0.15) is 33.6 Å². The maximum absolute atomic E-state index is 12.3. The van der Waals surface area contributed by atoms with Gasteiger partial charge in [-0.15, -0.1) is 5.10 Å². The fraction of sp³-hybridized carbons (Fsp3) is 0.786. The number of nitrogens with one attached hydrogen (secondary N) is 1. The summed E-state index contributed by atoms with van der Waals surface area (Å²) >= 11 is 1.34. The van der Waals surface area contributed by atoms with E-state index in [-0.39, 0.29) is 11.6 Å². The fourth-order valence-electron chi connectivity index (χ4n) is 2.92. The molecule has 0 aromatic carbocycles. The molecule has 0 saturated carbocycles. The van der Waals surface area contributed by atoms with Gasteiger partial charge in [0.15, 0.2) is 5.16 Å². The predicted molar refractivity (Wildman–Crippen MR) is 83.4 cm³/mol. The topological polar surface area (TPSA) is 71.0 Å². The minimum atomic E-state index is -0.202. The van der Waals surface area contributed by atoms with Crippen molar-refractivity contribution in [2.45, 2.75) is 45.3 Å². The van der Waals surface area contributed by atoms with Gasteiger partial charge in [0.25, 0.3) is 0 Å². The molecule has 1 saturated heterocycles. The van der Waals surface area contributed by atoms with Gasteiger partial charge in [-0.05, 0) is 24.7 Å². The van der Waals surface area contributed by atoms with Crippen molar-refractivity contribution in [1.29, 1.82) is 0 Å². The lowest BCUT2D eigenvalue weighted by Gasteiger charge is -2.34. The van der Waals surface area contributed by atoms with E-state index in [1.54, 1.807) is 4.57 Å². The number of aromatic amines is 1. The van der Waals surface area contributed by atoms with Crippen LogP contribution in [0.15, 0.2) is 9.95 Å². The van der Waals surface area contributed by atoms with E-state index in [1.807, 2.05) is 11.8 Å². The Kier molecular flexibility index (Phi) is 5.50. The second kappa shape index (κ2) is 7.15. The molecule has 0 unspecified atom stereocenters. The highest BCUT2D eigenvalue weighted by Gasteiger charge is 2.25. The Morgan fingerprint density at radius 1 is 1.38 bits per heavy atom. The largest absolute Gasteiger partial charge is 0.343 e. The standard InChI is InChI=1S/C14H24N4O2S/c1-4-5-18-13(20)15-16-14(18)21-9-12(19)17-7-10(2)6-11(3)8-17/h10-11H,4-9H2,1-3H3,(H,15,20)/t10-,11-/m0/s1. The van der Waals surface area contributed by atoms with Crippen LogP contribution in [0.5, 0.6) is 0 Å².